The summed E-state index contributed by atoms with van der Waals surface area (Å²) in [6, 6.07) is 3.97. The lowest BCUT2D eigenvalue weighted by molar-refractivity contribution is -0.137. The molecule has 3 rings (SSSR count). The van der Waals surface area contributed by atoms with Crippen LogP contribution in [0.15, 0.2) is 24.4 Å². The normalized spacial score (nSPS) is 24.2. The maximum atomic E-state index is 12.8. The first-order valence-electron chi connectivity index (χ1n) is 7.13. The number of aromatic amines is 1. The molecule has 1 aromatic heterocycles. The van der Waals surface area contributed by atoms with E-state index in [2.05, 4.69) is 11.9 Å². The third-order valence-electron chi connectivity index (χ3n) is 4.42. The molecule has 1 aromatic carbocycles. The zero-order valence-corrected chi connectivity index (χ0v) is 11.4. The molecule has 0 bridgehead atoms. The lowest BCUT2D eigenvalue weighted by Crippen LogP contribution is -2.11. The van der Waals surface area contributed by atoms with Crippen LogP contribution in [0.5, 0.6) is 0 Å². The zero-order valence-electron chi connectivity index (χ0n) is 11.4. The maximum absolute atomic E-state index is 12.8. The second kappa shape index (κ2) is 4.83. The Kier molecular flexibility index (Phi) is 3.27. The van der Waals surface area contributed by atoms with E-state index in [1.54, 1.807) is 0 Å². The van der Waals surface area contributed by atoms with Crippen LogP contribution < -0.4 is 0 Å². The third-order valence-corrected chi connectivity index (χ3v) is 4.42. The SMILES string of the molecule is CC1CCCC(c2c[nH]c3ccc(C(F)(F)F)cc23)C1. The topological polar surface area (TPSA) is 15.8 Å². The molecule has 20 heavy (non-hydrogen) atoms. The summed E-state index contributed by atoms with van der Waals surface area (Å²) < 4.78 is 38.5. The fraction of sp³-hybridized carbons (Fsp3) is 0.500. The van der Waals surface area contributed by atoms with Crippen molar-refractivity contribution in [2.45, 2.75) is 44.7 Å². The van der Waals surface area contributed by atoms with Crippen LogP contribution in [0.1, 0.15) is 49.7 Å². The van der Waals surface area contributed by atoms with Gasteiger partial charge in [0.2, 0.25) is 0 Å². The molecule has 0 aliphatic heterocycles. The van der Waals surface area contributed by atoms with Gasteiger partial charge in [-0.1, -0.05) is 19.8 Å². The van der Waals surface area contributed by atoms with E-state index < -0.39 is 11.7 Å². The maximum Gasteiger partial charge on any atom is 0.416 e. The third kappa shape index (κ3) is 2.43. The van der Waals surface area contributed by atoms with Gasteiger partial charge >= 0.3 is 6.18 Å². The first-order valence-corrected chi connectivity index (χ1v) is 7.13. The highest BCUT2D eigenvalue weighted by molar-refractivity contribution is 5.84. The van der Waals surface area contributed by atoms with Crippen molar-refractivity contribution >= 4 is 10.9 Å². The first-order chi connectivity index (χ1) is 9.45. The molecule has 1 fully saturated rings. The Bertz CT molecular complexity index is 612. The van der Waals surface area contributed by atoms with E-state index in [4.69, 9.17) is 0 Å². The Hall–Kier alpha value is -1.45. The molecule has 1 nitrogen and oxygen atoms in total. The number of aromatic nitrogens is 1. The highest BCUT2D eigenvalue weighted by Crippen LogP contribution is 2.40. The molecule has 0 spiro atoms. The number of halogens is 3. The lowest BCUT2D eigenvalue weighted by Gasteiger charge is -2.26. The second-order valence-electron chi connectivity index (χ2n) is 5.97. The van der Waals surface area contributed by atoms with Crippen LogP contribution in [0, 0.1) is 5.92 Å². The van der Waals surface area contributed by atoms with Gasteiger partial charge in [0.1, 0.15) is 0 Å². The fourth-order valence-corrected chi connectivity index (χ4v) is 3.37. The van der Waals surface area contributed by atoms with Crippen LogP contribution in [0.4, 0.5) is 13.2 Å². The fourth-order valence-electron chi connectivity index (χ4n) is 3.37. The van der Waals surface area contributed by atoms with Crippen molar-refractivity contribution in [2.75, 3.05) is 0 Å². The van der Waals surface area contributed by atoms with Crippen molar-refractivity contribution in [3.05, 3.63) is 35.5 Å². The van der Waals surface area contributed by atoms with Crippen molar-refractivity contribution in [1.82, 2.24) is 4.98 Å². The summed E-state index contributed by atoms with van der Waals surface area (Å²) in [5, 5.41) is 0.735. The number of fused-ring (bicyclic) bond motifs is 1. The molecule has 2 aromatic rings. The molecule has 0 amide bonds. The van der Waals surface area contributed by atoms with E-state index >= 15 is 0 Å². The Labute approximate surface area is 116 Å². The van der Waals surface area contributed by atoms with Crippen LogP contribution >= 0.6 is 0 Å². The summed E-state index contributed by atoms with van der Waals surface area (Å²) >= 11 is 0. The molecule has 1 aliphatic rings. The zero-order chi connectivity index (χ0) is 14.3. The van der Waals surface area contributed by atoms with Gasteiger partial charge in [-0.05, 0) is 48.4 Å². The van der Waals surface area contributed by atoms with Gasteiger partial charge in [0, 0.05) is 17.1 Å². The highest BCUT2D eigenvalue weighted by Gasteiger charge is 2.31. The van der Waals surface area contributed by atoms with Crippen LogP contribution in [0.3, 0.4) is 0 Å². The molecular weight excluding hydrogens is 263 g/mol. The summed E-state index contributed by atoms with van der Waals surface area (Å²) in [7, 11) is 0. The van der Waals surface area contributed by atoms with Gasteiger partial charge in [-0.3, -0.25) is 0 Å². The van der Waals surface area contributed by atoms with Crippen LogP contribution in [0.25, 0.3) is 10.9 Å². The number of alkyl halides is 3. The van der Waals surface area contributed by atoms with E-state index in [1.807, 2.05) is 6.20 Å². The van der Waals surface area contributed by atoms with Gasteiger partial charge in [0.05, 0.1) is 5.56 Å². The molecule has 0 radical (unpaired) electrons. The highest BCUT2D eigenvalue weighted by atomic mass is 19.4. The van der Waals surface area contributed by atoms with E-state index in [9.17, 15) is 13.2 Å². The molecule has 0 saturated heterocycles. The number of benzene rings is 1. The minimum absolute atomic E-state index is 0.385. The molecule has 2 unspecified atom stereocenters. The molecule has 1 saturated carbocycles. The average Bonchev–Trinajstić information content (AvgIpc) is 2.80. The summed E-state index contributed by atoms with van der Waals surface area (Å²) in [6.07, 6.45) is 2.16. The van der Waals surface area contributed by atoms with Crippen molar-refractivity contribution in [3.63, 3.8) is 0 Å². The van der Waals surface area contributed by atoms with Gasteiger partial charge in [-0.15, -0.1) is 0 Å². The second-order valence-corrected chi connectivity index (χ2v) is 5.97. The standard InChI is InChI=1S/C16H18F3N/c1-10-3-2-4-11(7-10)14-9-20-15-6-5-12(8-13(14)15)16(17,18)19/h5-6,8-11,20H,2-4,7H2,1H3. The summed E-state index contributed by atoms with van der Waals surface area (Å²) in [4.78, 5) is 3.11. The minimum Gasteiger partial charge on any atom is -0.361 e. The number of H-pyrrole nitrogens is 1. The number of hydrogen-bond donors (Lipinski definition) is 1. The smallest absolute Gasteiger partial charge is 0.361 e. The lowest BCUT2D eigenvalue weighted by atomic mass is 9.79. The number of hydrogen-bond acceptors (Lipinski definition) is 0. The molecular formula is C16H18F3N. The van der Waals surface area contributed by atoms with Crippen molar-refractivity contribution in [1.29, 1.82) is 0 Å². The van der Waals surface area contributed by atoms with Gasteiger partial charge in [-0.2, -0.15) is 13.2 Å². The first kappa shape index (κ1) is 13.5. The Morgan fingerprint density at radius 1 is 1.20 bits per heavy atom. The number of rotatable bonds is 1. The van der Waals surface area contributed by atoms with E-state index in [1.165, 1.54) is 18.6 Å². The Morgan fingerprint density at radius 2 is 2.00 bits per heavy atom. The van der Waals surface area contributed by atoms with Gasteiger partial charge in [-0.25, -0.2) is 0 Å². The monoisotopic (exact) mass is 281 g/mol. The summed E-state index contributed by atoms with van der Waals surface area (Å²) in [5.74, 6) is 1.04. The summed E-state index contributed by atoms with van der Waals surface area (Å²) in [5.41, 5.74) is 1.29. The Balaban J connectivity index is 2.03. The average molecular weight is 281 g/mol. The molecule has 108 valence electrons. The van der Waals surface area contributed by atoms with E-state index in [-0.39, 0.29) is 0 Å². The summed E-state index contributed by atoms with van der Waals surface area (Å²) in [6.45, 7) is 2.22. The minimum atomic E-state index is -4.28. The quantitative estimate of drug-likeness (QED) is 0.712. The molecule has 4 heteroatoms. The van der Waals surface area contributed by atoms with Crippen LogP contribution in [0.2, 0.25) is 0 Å². The van der Waals surface area contributed by atoms with E-state index in [0.29, 0.717) is 11.8 Å². The van der Waals surface area contributed by atoms with Crippen LogP contribution in [-0.4, -0.2) is 4.98 Å². The van der Waals surface area contributed by atoms with Crippen LogP contribution in [-0.2, 0) is 6.18 Å². The van der Waals surface area contributed by atoms with E-state index in [0.717, 1.165) is 41.8 Å². The van der Waals surface area contributed by atoms with Crippen molar-refractivity contribution in [2.24, 2.45) is 5.92 Å². The predicted octanol–water partition coefficient (Wildman–Crippen LogP) is 5.48. The predicted molar refractivity (Wildman–Crippen MR) is 73.7 cm³/mol. The van der Waals surface area contributed by atoms with Gasteiger partial charge < -0.3 is 4.98 Å². The molecule has 2 atom stereocenters. The largest absolute Gasteiger partial charge is 0.416 e. The molecule has 1 heterocycles. The Morgan fingerprint density at radius 3 is 2.70 bits per heavy atom. The van der Waals surface area contributed by atoms with Crippen molar-refractivity contribution < 1.29 is 13.2 Å². The van der Waals surface area contributed by atoms with Gasteiger partial charge in [0.15, 0.2) is 0 Å². The number of nitrogens with one attached hydrogen (secondary N) is 1. The van der Waals surface area contributed by atoms with Gasteiger partial charge in [0.25, 0.3) is 0 Å². The molecule has 1 N–H and O–H groups in total. The molecule has 1 aliphatic carbocycles. The van der Waals surface area contributed by atoms with Crippen molar-refractivity contribution in [3.8, 4) is 0 Å².